The Bertz CT molecular complexity index is 407. The van der Waals surface area contributed by atoms with Gasteiger partial charge in [-0.3, -0.25) is 4.79 Å². The maximum atomic E-state index is 11.3. The topological polar surface area (TPSA) is 81.0 Å². The number of hydrogen-bond donors (Lipinski definition) is 2. The van der Waals surface area contributed by atoms with E-state index in [1.807, 2.05) is 22.6 Å². The number of ether oxygens (including phenoxy) is 1. The first-order chi connectivity index (χ1) is 7.16. The lowest BCUT2D eigenvalue weighted by molar-refractivity contribution is 0.197. The van der Waals surface area contributed by atoms with Gasteiger partial charge in [0.15, 0.2) is 0 Å². The fourth-order valence-electron chi connectivity index (χ4n) is 1.69. The maximum absolute atomic E-state index is 11.3. The van der Waals surface area contributed by atoms with Gasteiger partial charge >= 0.3 is 0 Å². The second-order valence-corrected chi connectivity index (χ2v) is 4.74. The fourth-order valence-corrected chi connectivity index (χ4v) is 2.11. The summed E-state index contributed by atoms with van der Waals surface area (Å²) in [6.07, 6.45) is 4.21. The SMILES string of the molecule is NC1CCC(Oc2nc[nH]c(=O)c2I)C1. The number of hydrogen-bond acceptors (Lipinski definition) is 4. The molecule has 3 N–H and O–H groups in total. The molecule has 0 aliphatic heterocycles. The van der Waals surface area contributed by atoms with E-state index in [-0.39, 0.29) is 17.7 Å². The summed E-state index contributed by atoms with van der Waals surface area (Å²) in [7, 11) is 0. The van der Waals surface area contributed by atoms with Crippen LogP contribution in [0.3, 0.4) is 0 Å². The van der Waals surface area contributed by atoms with Crippen LogP contribution in [-0.4, -0.2) is 22.1 Å². The molecule has 2 rings (SSSR count). The molecule has 1 saturated carbocycles. The van der Waals surface area contributed by atoms with E-state index in [1.54, 1.807) is 0 Å². The van der Waals surface area contributed by atoms with Gasteiger partial charge in [0.2, 0.25) is 5.88 Å². The number of nitrogens with two attached hydrogens (primary N) is 1. The predicted molar refractivity (Wildman–Crippen MR) is 63.8 cm³/mol. The summed E-state index contributed by atoms with van der Waals surface area (Å²) in [5.74, 6) is 0.415. The van der Waals surface area contributed by atoms with Crippen LogP contribution in [0.2, 0.25) is 0 Å². The average Bonchev–Trinajstić information content (AvgIpc) is 2.59. The van der Waals surface area contributed by atoms with Crippen LogP contribution in [0.4, 0.5) is 0 Å². The zero-order valence-electron chi connectivity index (χ0n) is 8.07. The molecule has 0 bridgehead atoms. The Morgan fingerprint density at radius 3 is 3.07 bits per heavy atom. The summed E-state index contributed by atoms with van der Waals surface area (Å²) in [5, 5.41) is 0. The Morgan fingerprint density at radius 2 is 2.40 bits per heavy atom. The van der Waals surface area contributed by atoms with Gasteiger partial charge in [-0.2, -0.15) is 0 Å². The van der Waals surface area contributed by atoms with E-state index in [0.717, 1.165) is 19.3 Å². The van der Waals surface area contributed by atoms with E-state index in [2.05, 4.69) is 9.97 Å². The molecule has 0 saturated heterocycles. The molecule has 82 valence electrons. The minimum absolute atomic E-state index is 0.0998. The van der Waals surface area contributed by atoms with Gasteiger partial charge in [-0.15, -0.1) is 0 Å². The summed E-state index contributed by atoms with van der Waals surface area (Å²) < 4.78 is 6.13. The normalized spacial score (nSPS) is 25.5. The van der Waals surface area contributed by atoms with Crippen LogP contribution in [0.15, 0.2) is 11.1 Å². The van der Waals surface area contributed by atoms with Gasteiger partial charge in [0.25, 0.3) is 5.56 Å². The molecule has 1 aromatic heterocycles. The first kappa shape index (κ1) is 10.9. The molecule has 15 heavy (non-hydrogen) atoms. The molecule has 1 aromatic rings. The monoisotopic (exact) mass is 321 g/mol. The molecule has 6 heteroatoms. The second-order valence-electron chi connectivity index (χ2n) is 3.66. The summed E-state index contributed by atoms with van der Waals surface area (Å²) in [6.45, 7) is 0. The van der Waals surface area contributed by atoms with Gasteiger partial charge in [0.1, 0.15) is 9.67 Å². The molecule has 1 aliphatic carbocycles. The number of nitrogens with one attached hydrogen (secondary N) is 1. The first-order valence-corrected chi connectivity index (χ1v) is 5.90. The molecule has 0 aromatic carbocycles. The van der Waals surface area contributed by atoms with Gasteiger partial charge in [0.05, 0.1) is 6.33 Å². The highest BCUT2D eigenvalue weighted by atomic mass is 127. The molecule has 2 unspecified atom stereocenters. The zero-order valence-corrected chi connectivity index (χ0v) is 10.2. The zero-order chi connectivity index (χ0) is 10.8. The van der Waals surface area contributed by atoms with E-state index < -0.39 is 0 Å². The van der Waals surface area contributed by atoms with Gasteiger partial charge in [-0.05, 0) is 41.9 Å². The Hall–Kier alpha value is -0.630. The van der Waals surface area contributed by atoms with E-state index >= 15 is 0 Å². The second kappa shape index (κ2) is 4.48. The highest BCUT2D eigenvalue weighted by Gasteiger charge is 2.24. The van der Waals surface area contributed by atoms with Crippen molar-refractivity contribution in [3.63, 3.8) is 0 Å². The van der Waals surface area contributed by atoms with Crippen molar-refractivity contribution in [3.05, 3.63) is 20.3 Å². The number of halogens is 1. The molecular weight excluding hydrogens is 309 g/mol. The van der Waals surface area contributed by atoms with E-state index in [4.69, 9.17) is 10.5 Å². The van der Waals surface area contributed by atoms with E-state index in [9.17, 15) is 4.79 Å². The fraction of sp³-hybridized carbons (Fsp3) is 0.556. The van der Waals surface area contributed by atoms with E-state index in [1.165, 1.54) is 6.33 Å². The highest BCUT2D eigenvalue weighted by Crippen LogP contribution is 2.23. The van der Waals surface area contributed by atoms with Crippen LogP contribution in [-0.2, 0) is 0 Å². The van der Waals surface area contributed by atoms with Crippen LogP contribution in [0.25, 0.3) is 0 Å². The van der Waals surface area contributed by atoms with Gasteiger partial charge < -0.3 is 15.5 Å². The van der Waals surface area contributed by atoms with Crippen LogP contribution in [0, 0.1) is 3.57 Å². The number of aromatic amines is 1. The van der Waals surface area contributed by atoms with E-state index in [0.29, 0.717) is 9.45 Å². The van der Waals surface area contributed by atoms with Crippen LogP contribution in [0.1, 0.15) is 19.3 Å². The number of rotatable bonds is 2. The predicted octanol–water partition coefficient (Wildman–Crippen LogP) is 0.633. The number of H-pyrrole nitrogens is 1. The molecule has 0 radical (unpaired) electrons. The minimum Gasteiger partial charge on any atom is -0.473 e. The molecule has 0 spiro atoms. The van der Waals surface area contributed by atoms with Gasteiger partial charge in [-0.1, -0.05) is 0 Å². The van der Waals surface area contributed by atoms with Crippen molar-refractivity contribution < 1.29 is 4.74 Å². The lowest BCUT2D eigenvalue weighted by atomic mass is 10.3. The maximum Gasteiger partial charge on any atom is 0.268 e. The lowest BCUT2D eigenvalue weighted by Gasteiger charge is -2.12. The average molecular weight is 321 g/mol. The Morgan fingerprint density at radius 1 is 1.60 bits per heavy atom. The summed E-state index contributed by atoms with van der Waals surface area (Å²) in [6, 6.07) is 0.217. The summed E-state index contributed by atoms with van der Waals surface area (Å²) >= 11 is 1.93. The third-order valence-corrected chi connectivity index (χ3v) is 3.42. The summed E-state index contributed by atoms with van der Waals surface area (Å²) in [4.78, 5) is 17.8. The number of aromatic nitrogens is 2. The van der Waals surface area contributed by atoms with Gasteiger partial charge in [0, 0.05) is 6.04 Å². The molecule has 1 aliphatic rings. The molecule has 5 nitrogen and oxygen atoms in total. The highest BCUT2D eigenvalue weighted by molar-refractivity contribution is 14.1. The van der Waals surface area contributed by atoms with Crippen molar-refractivity contribution >= 4 is 22.6 Å². The quantitative estimate of drug-likeness (QED) is 0.783. The minimum atomic E-state index is -0.164. The smallest absolute Gasteiger partial charge is 0.268 e. The molecule has 2 atom stereocenters. The Kier molecular flexibility index (Phi) is 3.25. The third-order valence-electron chi connectivity index (χ3n) is 2.47. The third kappa shape index (κ3) is 2.49. The summed E-state index contributed by atoms with van der Waals surface area (Å²) in [5.41, 5.74) is 5.61. The van der Waals surface area contributed by atoms with Crippen molar-refractivity contribution in [2.75, 3.05) is 0 Å². The van der Waals surface area contributed by atoms with Crippen LogP contribution in [0.5, 0.6) is 5.88 Å². The van der Waals surface area contributed by atoms with Crippen LogP contribution >= 0.6 is 22.6 Å². The van der Waals surface area contributed by atoms with Crippen molar-refractivity contribution in [2.45, 2.75) is 31.4 Å². The largest absolute Gasteiger partial charge is 0.473 e. The van der Waals surface area contributed by atoms with Crippen molar-refractivity contribution in [1.29, 1.82) is 0 Å². The lowest BCUT2D eigenvalue weighted by Crippen LogP contribution is -2.21. The molecule has 1 heterocycles. The Balaban J connectivity index is 2.11. The number of nitrogens with zero attached hydrogens (tertiary/aromatic N) is 1. The van der Waals surface area contributed by atoms with Crippen LogP contribution < -0.4 is 16.0 Å². The van der Waals surface area contributed by atoms with Crippen molar-refractivity contribution in [1.82, 2.24) is 9.97 Å². The van der Waals surface area contributed by atoms with Crippen molar-refractivity contribution in [3.8, 4) is 5.88 Å². The molecule has 1 fully saturated rings. The van der Waals surface area contributed by atoms with Crippen molar-refractivity contribution in [2.24, 2.45) is 5.73 Å². The standard InChI is InChI=1S/C9H12IN3O2/c10-7-8(14)12-4-13-9(7)15-6-2-1-5(11)3-6/h4-6H,1-3,11H2,(H,12,13,14). The molecule has 0 amide bonds. The Labute approximate surface area is 101 Å². The van der Waals surface area contributed by atoms with Gasteiger partial charge in [-0.25, -0.2) is 4.98 Å². The molecular formula is C9H12IN3O2. The first-order valence-electron chi connectivity index (χ1n) is 4.82.